The number of rotatable bonds is 3. The van der Waals surface area contributed by atoms with Gasteiger partial charge < -0.3 is 5.32 Å². The van der Waals surface area contributed by atoms with Crippen molar-refractivity contribution in [3.63, 3.8) is 0 Å². The monoisotopic (exact) mass is 289 g/mol. The molecular weight excluding hydrogens is 277 g/mol. The average Bonchev–Trinajstić information content (AvgIpc) is 3.24. The maximum Gasteiger partial charge on any atom is 0.235 e. The summed E-state index contributed by atoms with van der Waals surface area (Å²) in [5, 5.41) is 3.01. The van der Waals surface area contributed by atoms with E-state index in [1.54, 1.807) is 0 Å². The van der Waals surface area contributed by atoms with E-state index >= 15 is 0 Å². The van der Waals surface area contributed by atoms with E-state index in [0.29, 0.717) is 5.69 Å². The second-order valence-corrected chi connectivity index (χ2v) is 5.43. The molecule has 102 valence electrons. The zero-order valence-corrected chi connectivity index (χ0v) is 11.5. The maximum atomic E-state index is 13.0. The van der Waals surface area contributed by atoms with Gasteiger partial charge in [0.05, 0.1) is 16.1 Å². The molecule has 1 aliphatic carbocycles. The van der Waals surface area contributed by atoms with Crippen LogP contribution in [-0.4, -0.2) is 5.91 Å². The van der Waals surface area contributed by atoms with Crippen molar-refractivity contribution in [2.45, 2.75) is 18.3 Å². The van der Waals surface area contributed by atoms with Crippen molar-refractivity contribution in [3.05, 3.63) is 64.9 Å². The lowest BCUT2D eigenvalue weighted by molar-refractivity contribution is -0.118. The molecule has 0 radical (unpaired) electrons. The molecule has 2 aromatic rings. The summed E-state index contributed by atoms with van der Waals surface area (Å²) in [6, 6.07) is 13.6. The Kier molecular flexibility index (Phi) is 3.22. The minimum Gasteiger partial charge on any atom is -0.324 e. The molecule has 0 bridgehead atoms. The quantitative estimate of drug-likeness (QED) is 0.903. The minimum absolute atomic E-state index is 0.0859. The summed E-state index contributed by atoms with van der Waals surface area (Å²) in [6.45, 7) is 0. The average molecular weight is 290 g/mol. The van der Waals surface area contributed by atoms with E-state index in [4.69, 9.17) is 11.6 Å². The molecule has 3 rings (SSSR count). The van der Waals surface area contributed by atoms with Crippen LogP contribution in [-0.2, 0) is 10.2 Å². The third-order valence-corrected chi connectivity index (χ3v) is 4.00. The Labute approximate surface area is 121 Å². The SMILES string of the molecule is O=C(Nc1ccc(F)cc1Cl)C1(c2ccccc2)CC1. The van der Waals surface area contributed by atoms with E-state index in [9.17, 15) is 9.18 Å². The highest BCUT2D eigenvalue weighted by Gasteiger charge is 2.51. The molecule has 0 heterocycles. The molecule has 1 fully saturated rings. The fourth-order valence-corrected chi connectivity index (χ4v) is 2.58. The number of benzene rings is 2. The fraction of sp³-hybridized carbons (Fsp3) is 0.188. The van der Waals surface area contributed by atoms with Crippen LogP contribution in [0.15, 0.2) is 48.5 Å². The number of hydrogen-bond donors (Lipinski definition) is 1. The lowest BCUT2D eigenvalue weighted by atomic mass is 9.95. The van der Waals surface area contributed by atoms with Crippen LogP contribution >= 0.6 is 11.6 Å². The Balaban J connectivity index is 1.83. The number of hydrogen-bond acceptors (Lipinski definition) is 1. The van der Waals surface area contributed by atoms with Gasteiger partial charge in [0.25, 0.3) is 0 Å². The summed E-state index contributed by atoms with van der Waals surface area (Å²) in [4.78, 5) is 12.5. The van der Waals surface area contributed by atoms with Gasteiger partial charge in [0.2, 0.25) is 5.91 Å². The third-order valence-electron chi connectivity index (χ3n) is 3.69. The molecule has 2 aromatic carbocycles. The Bertz CT molecular complexity index is 653. The Morgan fingerprint density at radius 2 is 1.85 bits per heavy atom. The first kappa shape index (κ1) is 13.1. The van der Waals surface area contributed by atoms with Crippen LogP contribution in [0.1, 0.15) is 18.4 Å². The molecule has 0 aromatic heterocycles. The van der Waals surface area contributed by atoms with Gasteiger partial charge in [0, 0.05) is 0 Å². The highest BCUT2D eigenvalue weighted by atomic mass is 35.5. The van der Waals surface area contributed by atoms with Crippen molar-refractivity contribution in [3.8, 4) is 0 Å². The van der Waals surface area contributed by atoms with Crippen LogP contribution in [0.5, 0.6) is 0 Å². The predicted molar refractivity (Wildman–Crippen MR) is 77.4 cm³/mol. The largest absolute Gasteiger partial charge is 0.324 e. The van der Waals surface area contributed by atoms with E-state index < -0.39 is 11.2 Å². The number of carbonyl (C=O) groups is 1. The van der Waals surface area contributed by atoms with Crippen molar-refractivity contribution in [1.29, 1.82) is 0 Å². The molecular formula is C16H13ClFNO. The number of halogens is 2. The number of nitrogens with one attached hydrogen (secondary N) is 1. The second-order valence-electron chi connectivity index (χ2n) is 5.03. The molecule has 0 atom stereocenters. The number of carbonyl (C=O) groups excluding carboxylic acids is 1. The fourth-order valence-electron chi connectivity index (χ4n) is 2.36. The summed E-state index contributed by atoms with van der Waals surface area (Å²) < 4.78 is 13.0. The molecule has 20 heavy (non-hydrogen) atoms. The van der Waals surface area contributed by atoms with Crippen LogP contribution in [0.3, 0.4) is 0 Å². The Morgan fingerprint density at radius 1 is 1.15 bits per heavy atom. The smallest absolute Gasteiger partial charge is 0.235 e. The van der Waals surface area contributed by atoms with Crippen molar-refractivity contribution < 1.29 is 9.18 Å². The van der Waals surface area contributed by atoms with Gasteiger partial charge >= 0.3 is 0 Å². The lowest BCUT2D eigenvalue weighted by Gasteiger charge is -2.16. The predicted octanol–water partition coefficient (Wildman–Crippen LogP) is 4.15. The molecule has 2 nitrogen and oxygen atoms in total. The van der Waals surface area contributed by atoms with Crippen LogP contribution in [0.4, 0.5) is 10.1 Å². The summed E-state index contributed by atoms with van der Waals surface area (Å²) in [5.74, 6) is -0.505. The van der Waals surface area contributed by atoms with E-state index in [1.165, 1.54) is 18.2 Å². The van der Waals surface area contributed by atoms with Crippen molar-refractivity contribution in [2.75, 3.05) is 5.32 Å². The molecule has 0 spiro atoms. The molecule has 0 saturated heterocycles. The molecule has 4 heteroatoms. The summed E-state index contributed by atoms with van der Waals surface area (Å²) >= 11 is 5.94. The summed E-state index contributed by atoms with van der Waals surface area (Å²) in [5.41, 5.74) is 0.995. The summed E-state index contributed by atoms with van der Waals surface area (Å²) in [6.07, 6.45) is 1.64. The van der Waals surface area contributed by atoms with E-state index in [0.717, 1.165) is 18.4 Å². The maximum absolute atomic E-state index is 13.0. The Morgan fingerprint density at radius 3 is 2.45 bits per heavy atom. The molecule has 0 aliphatic heterocycles. The zero-order chi connectivity index (χ0) is 14.2. The first-order valence-electron chi connectivity index (χ1n) is 6.44. The van der Waals surface area contributed by atoms with Gasteiger partial charge in [-0.1, -0.05) is 41.9 Å². The van der Waals surface area contributed by atoms with Crippen LogP contribution < -0.4 is 5.32 Å². The van der Waals surface area contributed by atoms with Gasteiger partial charge in [-0.2, -0.15) is 0 Å². The zero-order valence-electron chi connectivity index (χ0n) is 10.7. The number of amides is 1. The molecule has 1 N–H and O–H groups in total. The third kappa shape index (κ3) is 2.29. The topological polar surface area (TPSA) is 29.1 Å². The molecule has 1 amide bonds. The molecule has 0 unspecified atom stereocenters. The van der Waals surface area contributed by atoms with Crippen LogP contribution in [0.2, 0.25) is 5.02 Å². The van der Waals surface area contributed by atoms with E-state index in [1.807, 2.05) is 30.3 Å². The Hall–Kier alpha value is -1.87. The standard InChI is InChI=1S/C16H13ClFNO/c17-13-10-12(18)6-7-14(13)19-15(20)16(8-9-16)11-4-2-1-3-5-11/h1-7,10H,8-9H2,(H,19,20). The van der Waals surface area contributed by atoms with Gasteiger partial charge in [-0.15, -0.1) is 0 Å². The van der Waals surface area contributed by atoms with Gasteiger partial charge in [0.15, 0.2) is 0 Å². The summed E-state index contributed by atoms with van der Waals surface area (Å²) in [7, 11) is 0. The van der Waals surface area contributed by atoms with Crippen LogP contribution in [0.25, 0.3) is 0 Å². The van der Waals surface area contributed by atoms with Crippen LogP contribution in [0, 0.1) is 5.82 Å². The first-order valence-corrected chi connectivity index (χ1v) is 6.82. The van der Waals surface area contributed by atoms with E-state index in [-0.39, 0.29) is 10.9 Å². The first-order chi connectivity index (χ1) is 9.62. The highest BCUT2D eigenvalue weighted by molar-refractivity contribution is 6.33. The van der Waals surface area contributed by atoms with Crippen molar-refractivity contribution >= 4 is 23.2 Å². The van der Waals surface area contributed by atoms with Gasteiger partial charge in [0.1, 0.15) is 5.82 Å². The van der Waals surface area contributed by atoms with Crippen molar-refractivity contribution in [2.24, 2.45) is 0 Å². The normalized spacial score (nSPS) is 15.7. The number of anilines is 1. The van der Waals surface area contributed by atoms with Crippen molar-refractivity contribution in [1.82, 2.24) is 0 Å². The van der Waals surface area contributed by atoms with E-state index in [2.05, 4.69) is 5.32 Å². The highest BCUT2D eigenvalue weighted by Crippen LogP contribution is 2.49. The van der Waals surface area contributed by atoms with Gasteiger partial charge in [-0.3, -0.25) is 4.79 Å². The minimum atomic E-state index is -0.459. The molecule has 1 aliphatic rings. The molecule has 1 saturated carbocycles. The van der Waals surface area contributed by atoms with Gasteiger partial charge in [-0.25, -0.2) is 4.39 Å². The lowest BCUT2D eigenvalue weighted by Crippen LogP contribution is -2.27. The second kappa shape index (κ2) is 4.91. The van der Waals surface area contributed by atoms with Gasteiger partial charge in [-0.05, 0) is 36.6 Å².